The van der Waals surface area contributed by atoms with Gasteiger partial charge >= 0.3 is 6.09 Å². The van der Waals surface area contributed by atoms with Crippen LogP contribution in [0, 0.1) is 0 Å². The molecule has 0 aliphatic carbocycles. The number of halogens is 1. The van der Waals surface area contributed by atoms with Gasteiger partial charge in [-0.05, 0) is 55.1 Å². The number of aromatic nitrogens is 1. The van der Waals surface area contributed by atoms with Crippen LogP contribution in [0.5, 0.6) is 0 Å². The number of nitrogens with two attached hydrogens (primary N) is 1. The summed E-state index contributed by atoms with van der Waals surface area (Å²) in [7, 11) is 0. The van der Waals surface area contributed by atoms with E-state index in [1.807, 2.05) is 91.0 Å². The van der Waals surface area contributed by atoms with E-state index in [0.717, 1.165) is 36.1 Å². The van der Waals surface area contributed by atoms with Crippen LogP contribution in [0.2, 0.25) is 0 Å². The van der Waals surface area contributed by atoms with E-state index in [2.05, 4.69) is 15.6 Å². The minimum absolute atomic E-state index is 0. The van der Waals surface area contributed by atoms with Crippen LogP contribution in [0.1, 0.15) is 36.1 Å². The number of carbonyl (C=O) groups is 2. The smallest absolute Gasteiger partial charge is 0.408 e. The molecule has 2 aromatic carbocycles. The van der Waals surface area contributed by atoms with Crippen LogP contribution >= 0.6 is 12.4 Å². The van der Waals surface area contributed by atoms with Crippen LogP contribution < -0.4 is 16.4 Å². The normalized spacial score (nSPS) is 12.2. The van der Waals surface area contributed by atoms with E-state index >= 15 is 0 Å². The minimum atomic E-state index is -0.795. The van der Waals surface area contributed by atoms with Crippen LogP contribution in [-0.2, 0) is 22.6 Å². The van der Waals surface area contributed by atoms with Crippen LogP contribution in [0.25, 0.3) is 6.08 Å². The van der Waals surface area contributed by atoms with Gasteiger partial charge in [-0.3, -0.25) is 9.78 Å². The Labute approximate surface area is 224 Å². The van der Waals surface area contributed by atoms with Gasteiger partial charge in [0.15, 0.2) is 0 Å². The molecule has 0 radical (unpaired) electrons. The van der Waals surface area contributed by atoms with Crippen LogP contribution in [0.4, 0.5) is 4.79 Å². The number of amides is 2. The van der Waals surface area contributed by atoms with Gasteiger partial charge in [0, 0.05) is 18.7 Å². The molecule has 0 saturated carbocycles. The maximum atomic E-state index is 13.4. The number of hydrogen-bond acceptors (Lipinski definition) is 5. The Morgan fingerprint density at radius 3 is 2.22 bits per heavy atom. The van der Waals surface area contributed by atoms with E-state index in [9.17, 15) is 9.59 Å². The molecule has 1 heterocycles. The van der Waals surface area contributed by atoms with Crippen molar-refractivity contribution in [3.05, 3.63) is 108 Å². The minimum Gasteiger partial charge on any atom is -0.445 e. The van der Waals surface area contributed by atoms with Crippen molar-refractivity contribution in [3.8, 4) is 0 Å². The number of carbonyl (C=O) groups excluding carboxylic acids is 2. The third-order valence-corrected chi connectivity index (χ3v) is 5.59. The highest BCUT2D eigenvalue weighted by atomic mass is 35.5. The second-order valence-corrected chi connectivity index (χ2v) is 8.46. The van der Waals surface area contributed by atoms with Crippen LogP contribution in [0.3, 0.4) is 0 Å². The van der Waals surface area contributed by atoms with Gasteiger partial charge in [-0.2, -0.15) is 0 Å². The molecule has 8 heteroatoms. The van der Waals surface area contributed by atoms with Crippen LogP contribution in [-0.4, -0.2) is 35.6 Å². The highest BCUT2D eigenvalue weighted by molar-refractivity contribution is 5.86. The summed E-state index contributed by atoms with van der Waals surface area (Å²) in [5.74, 6) is -0.279. The van der Waals surface area contributed by atoms with Gasteiger partial charge in [-0.1, -0.05) is 72.8 Å². The number of ether oxygens (including phenoxy) is 1. The Morgan fingerprint density at radius 2 is 1.57 bits per heavy atom. The average Bonchev–Trinajstić information content (AvgIpc) is 2.92. The standard InChI is InChI=1S/C29H34N4O3.ClH/c30-19-9-7-16-26(18-17-25-15-8-10-20-31-25)32-28(34)27(21-23-11-3-1-4-12-23)33-29(35)36-22-24-13-5-2-6-14-24;/h1-6,8,10-15,17-18,20,26-27H,7,9,16,19,21-22,30H2,(H,32,34)(H,33,35);1H/b18-17+;/t26-,27-;/m0./s1. The summed E-state index contributed by atoms with van der Waals surface area (Å²) >= 11 is 0. The summed E-state index contributed by atoms with van der Waals surface area (Å²) in [6.07, 6.45) is 7.70. The molecule has 0 spiro atoms. The maximum absolute atomic E-state index is 13.4. The molecule has 0 unspecified atom stereocenters. The van der Waals surface area contributed by atoms with Gasteiger partial charge in [0.2, 0.25) is 5.91 Å². The first-order valence-electron chi connectivity index (χ1n) is 12.2. The van der Waals surface area contributed by atoms with E-state index in [-0.39, 0.29) is 31.0 Å². The molecule has 0 saturated heterocycles. The van der Waals surface area contributed by atoms with Gasteiger partial charge in [-0.25, -0.2) is 4.79 Å². The monoisotopic (exact) mass is 522 g/mol. The predicted molar refractivity (Wildman–Crippen MR) is 149 cm³/mol. The number of rotatable bonds is 13. The second kappa shape index (κ2) is 16.9. The number of unbranched alkanes of at least 4 members (excludes halogenated alkanes) is 1. The molecule has 0 fully saturated rings. The molecule has 2 amide bonds. The van der Waals surface area contributed by atoms with Gasteiger partial charge < -0.3 is 21.1 Å². The lowest BCUT2D eigenvalue weighted by molar-refractivity contribution is -0.123. The third kappa shape index (κ3) is 11.3. The number of hydrogen-bond donors (Lipinski definition) is 3. The number of benzene rings is 2. The highest BCUT2D eigenvalue weighted by Gasteiger charge is 2.24. The molecule has 37 heavy (non-hydrogen) atoms. The van der Waals surface area contributed by atoms with Gasteiger partial charge in [-0.15, -0.1) is 12.4 Å². The van der Waals surface area contributed by atoms with Gasteiger partial charge in [0.05, 0.1) is 5.69 Å². The lowest BCUT2D eigenvalue weighted by Crippen LogP contribution is -2.50. The van der Waals surface area contributed by atoms with E-state index in [1.54, 1.807) is 6.20 Å². The van der Waals surface area contributed by atoms with Crippen molar-refractivity contribution in [3.63, 3.8) is 0 Å². The van der Waals surface area contributed by atoms with Crippen molar-refractivity contribution < 1.29 is 14.3 Å². The zero-order chi connectivity index (χ0) is 25.4. The average molecular weight is 523 g/mol. The van der Waals surface area contributed by atoms with Crippen molar-refractivity contribution in [2.24, 2.45) is 5.73 Å². The second-order valence-electron chi connectivity index (χ2n) is 8.46. The van der Waals surface area contributed by atoms with E-state index in [1.165, 1.54) is 0 Å². The van der Waals surface area contributed by atoms with Crippen molar-refractivity contribution in [2.45, 2.75) is 44.4 Å². The molecule has 3 aromatic rings. The SMILES string of the molecule is Cl.NCCCC[C@@H](/C=C/c1ccccn1)NC(=O)[C@H](Cc1ccccc1)NC(=O)OCc1ccccc1. The molecule has 0 aliphatic heterocycles. The first kappa shape index (κ1) is 29.5. The fourth-order valence-corrected chi connectivity index (χ4v) is 3.66. The summed E-state index contributed by atoms with van der Waals surface area (Å²) in [6.45, 7) is 0.719. The van der Waals surface area contributed by atoms with Crippen LogP contribution in [0.15, 0.2) is 91.1 Å². The predicted octanol–water partition coefficient (Wildman–Crippen LogP) is 4.67. The Balaban J connectivity index is 0.00000481. The van der Waals surface area contributed by atoms with Crippen molar-refractivity contribution >= 4 is 30.5 Å². The lowest BCUT2D eigenvalue weighted by Gasteiger charge is -2.22. The molecule has 1 aromatic heterocycles. The molecule has 196 valence electrons. The quantitative estimate of drug-likeness (QED) is 0.283. The molecular weight excluding hydrogens is 488 g/mol. The zero-order valence-corrected chi connectivity index (χ0v) is 21.6. The molecule has 4 N–H and O–H groups in total. The summed E-state index contributed by atoms with van der Waals surface area (Å²) < 4.78 is 5.37. The molecule has 7 nitrogen and oxygen atoms in total. The number of pyridine rings is 1. The topological polar surface area (TPSA) is 106 Å². The highest BCUT2D eigenvalue weighted by Crippen LogP contribution is 2.09. The summed E-state index contributed by atoms with van der Waals surface area (Å²) in [4.78, 5) is 30.2. The first-order chi connectivity index (χ1) is 17.6. The summed E-state index contributed by atoms with van der Waals surface area (Å²) in [6, 6.07) is 23.6. The molecule has 0 aliphatic rings. The Bertz CT molecular complexity index is 1080. The zero-order valence-electron chi connectivity index (χ0n) is 20.8. The van der Waals surface area contributed by atoms with Crippen molar-refractivity contribution in [2.75, 3.05) is 6.54 Å². The molecular formula is C29H35ClN4O3. The Kier molecular flexibility index (Phi) is 13.5. The molecule has 0 bridgehead atoms. The van der Waals surface area contributed by atoms with Crippen molar-refractivity contribution in [1.82, 2.24) is 15.6 Å². The third-order valence-electron chi connectivity index (χ3n) is 5.59. The summed E-state index contributed by atoms with van der Waals surface area (Å²) in [5.41, 5.74) is 8.27. The largest absolute Gasteiger partial charge is 0.445 e. The maximum Gasteiger partial charge on any atom is 0.408 e. The summed E-state index contributed by atoms with van der Waals surface area (Å²) in [5, 5.41) is 5.83. The number of nitrogens with one attached hydrogen (secondary N) is 2. The molecule has 3 rings (SSSR count). The Hall–Kier alpha value is -3.68. The first-order valence-corrected chi connectivity index (χ1v) is 12.2. The van der Waals surface area contributed by atoms with Gasteiger partial charge in [0.1, 0.15) is 12.6 Å². The van der Waals surface area contributed by atoms with E-state index in [0.29, 0.717) is 13.0 Å². The Morgan fingerprint density at radius 1 is 0.892 bits per heavy atom. The van der Waals surface area contributed by atoms with Gasteiger partial charge in [0.25, 0.3) is 0 Å². The number of alkyl carbamates (subject to hydrolysis) is 1. The van der Waals surface area contributed by atoms with Crippen molar-refractivity contribution in [1.29, 1.82) is 0 Å². The fourth-order valence-electron chi connectivity index (χ4n) is 3.66. The lowest BCUT2D eigenvalue weighted by atomic mass is 10.0. The van der Waals surface area contributed by atoms with E-state index < -0.39 is 12.1 Å². The number of nitrogens with zero attached hydrogens (tertiary/aromatic N) is 1. The fraction of sp³-hybridized carbons (Fsp3) is 0.276. The van der Waals surface area contributed by atoms with E-state index in [4.69, 9.17) is 10.5 Å². The molecule has 2 atom stereocenters.